The molecule has 1 rings (SSSR count). The molecule has 72 valence electrons. The van der Waals surface area contributed by atoms with Gasteiger partial charge in [-0.1, -0.05) is 43.2 Å². The Morgan fingerprint density at radius 2 is 1.54 bits per heavy atom. The SMILES string of the molecule is PCCCCCCc1ccccc1. The fourth-order valence-corrected chi connectivity index (χ4v) is 1.76. The molecule has 0 bridgehead atoms. The van der Waals surface area contributed by atoms with Crippen LogP contribution >= 0.6 is 9.24 Å². The highest BCUT2D eigenvalue weighted by Crippen LogP contribution is 2.07. The minimum absolute atomic E-state index is 1.25. The molecule has 0 spiro atoms. The van der Waals surface area contributed by atoms with Gasteiger partial charge in [-0.3, -0.25) is 0 Å². The summed E-state index contributed by atoms with van der Waals surface area (Å²) in [6, 6.07) is 10.8. The maximum atomic E-state index is 2.79. The summed E-state index contributed by atoms with van der Waals surface area (Å²) in [6.07, 6.45) is 7.97. The molecule has 1 heteroatoms. The molecule has 0 fully saturated rings. The Kier molecular flexibility index (Phi) is 5.85. The van der Waals surface area contributed by atoms with Gasteiger partial charge in [-0.15, -0.1) is 9.24 Å². The number of hydrogen-bond donors (Lipinski definition) is 0. The van der Waals surface area contributed by atoms with Crippen molar-refractivity contribution in [2.45, 2.75) is 32.1 Å². The highest BCUT2D eigenvalue weighted by atomic mass is 31.0. The molecule has 0 N–H and O–H groups in total. The van der Waals surface area contributed by atoms with E-state index < -0.39 is 0 Å². The average molecular weight is 194 g/mol. The van der Waals surface area contributed by atoms with Gasteiger partial charge in [0, 0.05) is 0 Å². The summed E-state index contributed by atoms with van der Waals surface area (Å²) in [7, 11) is 2.79. The summed E-state index contributed by atoms with van der Waals surface area (Å²) in [5, 5.41) is 0. The van der Waals surface area contributed by atoms with Gasteiger partial charge in [0.25, 0.3) is 0 Å². The van der Waals surface area contributed by atoms with Gasteiger partial charge in [-0.05, 0) is 31.0 Å². The van der Waals surface area contributed by atoms with E-state index in [1.807, 2.05) is 0 Å². The third-order valence-electron chi connectivity index (χ3n) is 2.26. The zero-order valence-electron chi connectivity index (χ0n) is 8.21. The van der Waals surface area contributed by atoms with Crippen LogP contribution in [0.15, 0.2) is 30.3 Å². The van der Waals surface area contributed by atoms with Crippen LogP contribution in [0.3, 0.4) is 0 Å². The average Bonchev–Trinajstić information content (AvgIpc) is 2.19. The first kappa shape index (κ1) is 10.7. The van der Waals surface area contributed by atoms with Gasteiger partial charge in [0.1, 0.15) is 0 Å². The molecule has 1 aromatic rings. The lowest BCUT2D eigenvalue weighted by Gasteiger charge is -2.00. The summed E-state index contributed by atoms with van der Waals surface area (Å²) < 4.78 is 0. The summed E-state index contributed by atoms with van der Waals surface area (Å²) in [5.41, 5.74) is 1.48. The van der Waals surface area contributed by atoms with Crippen molar-refractivity contribution in [1.29, 1.82) is 0 Å². The Labute approximate surface area is 84.0 Å². The smallest absolute Gasteiger partial charge is 0.0279 e. The van der Waals surface area contributed by atoms with Crippen molar-refractivity contribution in [3.8, 4) is 0 Å². The number of aryl methyl sites for hydroxylation is 1. The fourth-order valence-electron chi connectivity index (χ4n) is 1.47. The van der Waals surface area contributed by atoms with Gasteiger partial charge in [0.05, 0.1) is 0 Å². The van der Waals surface area contributed by atoms with Crippen LogP contribution in [0.1, 0.15) is 31.2 Å². The van der Waals surface area contributed by atoms with Crippen molar-refractivity contribution < 1.29 is 0 Å². The molecule has 0 saturated carbocycles. The topological polar surface area (TPSA) is 0 Å². The number of benzene rings is 1. The van der Waals surface area contributed by atoms with Crippen LogP contribution < -0.4 is 0 Å². The first-order chi connectivity index (χ1) is 6.43. The summed E-state index contributed by atoms with van der Waals surface area (Å²) in [6.45, 7) is 0. The molecule has 0 aromatic heterocycles. The second kappa shape index (κ2) is 7.09. The van der Waals surface area contributed by atoms with Crippen molar-refractivity contribution in [2.75, 3.05) is 6.16 Å². The molecule has 0 aliphatic rings. The molecule has 0 aliphatic heterocycles. The van der Waals surface area contributed by atoms with Gasteiger partial charge in [0.2, 0.25) is 0 Å². The van der Waals surface area contributed by atoms with Gasteiger partial charge in [-0.2, -0.15) is 0 Å². The Morgan fingerprint density at radius 1 is 0.846 bits per heavy atom. The third-order valence-corrected chi connectivity index (χ3v) is 2.67. The first-order valence-electron chi connectivity index (χ1n) is 5.17. The minimum atomic E-state index is 1.25. The molecule has 1 aromatic carbocycles. The molecule has 0 heterocycles. The quantitative estimate of drug-likeness (QED) is 0.479. The predicted molar refractivity (Wildman–Crippen MR) is 63.2 cm³/mol. The Morgan fingerprint density at radius 3 is 2.23 bits per heavy atom. The lowest BCUT2D eigenvalue weighted by atomic mass is 10.1. The predicted octanol–water partition coefficient (Wildman–Crippen LogP) is 3.66. The van der Waals surface area contributed by atoms with E-state index in [2.05, 4.69) is 39.6 Å². The highest BCUT2D eigenvalue weighted by molar-refractivity contribution is 7.16. The van der Waals surface area contributed by atoms with Crippen LogP contribution in [-0.4, -0.2) is 6.16 Å². The van der Waals surface area contributed by atoms with E-state index in [1.165, 1.54) is 43.8 Å². The van der Waals surface area contributed by atoms with E-state index in [9.17, 15) is 0 Å². The molecule has 0 radical (unpaired) electrons. The van der Waals surface area contributed by atoms with Crippen molar-refractivity contribution in [2.24, 2.45) is 0 Å². The van der Waals surface area contributed by atoms with Gasteiger partial charge in [-0.25, -0.2) is 0 Å². The van der Waals surface area contributed by atoms with Crippen LogP contribution in [0.4, 0.5) is 0 Å². The van der Waals surface area contributed by atoms with E-state index in [4.69, 9.17) is 0 Å². The Balaban J connectivity index is 2.07. The van der Waals surface area contributed by atoms with Crippen LogP contribution in [0.5, 0.6) is 0 Å². The van der Waals surface area contributed by atoms with Crippen LogP contribution in [0.2, 0.25) is 0 Å². The van der Waals surface area contributed by atoms with Gasteiger partial charge < -0.3 is 0 Å². The molecule has 0 aliphatic carbocycles. The largest absolute Gasteiger partial charge is 0.138 e. The maximum Gasteiger partial charge on any atom is -0.0279 e. The molecule has 0 nitrogen and oxygen atoms in total. The molecular formula is C12H19P. The normalized spacial score (nSPS) is 10.2. The van der Waals surface area contributed by atoms with E-state index in [1.54, 1.807) is 0 Å². The van der Waals surface area contributed by atoms with Crippen LogP contribution in [0, 0.1) is 0 Å². The third kappa shape index (κ3) is 5.05. The van der Waals surface area contributed by atoms with Gasteiger partial charge in [0.15, 0.2) is 0 Å². The van der Waals surface area contributed by atoms with E-state index in [-0.39, 0.29) is 0 Å². The standard InChI is InChI=1S/C12H19P/c13-11-7-2-1-4-8-12-9-5-3-6-10-12/h3,5-6,9-10H,1-2,4,7-8,11,13H2. The monoisotopic (exact) mass is 194 g/mol. The van der Waals surface area contributed by atoms with E-state index in [0.29, 0.717) is 0 Å². The minimum Gasteiger partial charge on any atom is -0.138 e. The fraction of sp³-hybridized carbons (Fsp3) is 0.500. The molecule has 1 atom stereocenters. The van der Waals surface area contributed by atoms with Crippen molar-refractivity contribution in [3.05, 3.63) is 35.9 Å². The first-order valence-corrected chi connectivity index (χ1v) is 5.99. The number of rotatable bonds is 6. The Bertz CT molecular complexity index is 206. The molecule has 0 saturated heterocycles. The molecule has 1 unspecified atom stereocenters. The van der Waals surface area contributed by atoms with Crippen LogP contribution in [-0.2, 0) is 6.42 Å². The van der Waals surface area contributed by atoms with Crippen molar-refractivity contribution >= 4 is 9.24 Å². The lowest BCUT2D eigenvalue weighted by molar-refractivity contribution is 0.670. The second-order valence-corrected chi connectivity index (χ2v) is 4.02. The van der Waals surface area contributed by atoms with Crippen LogP contribution in [0.25, 0.3) is 0 Å². The zero-order chi connectivity index (χ0) is 9.36. The number of hydrogen-bond acceptors (Lipinski definition) is 0. The summed E-state index contributed by atoms with van der Waals surface area (Å²) >= 11 is 0. The molecular weight excluding hydrogens is 175 g/mol. The van der Waals surface area contributed by atoms with E-state index in [0.717, 1.165) is 0 Å². The Hall–Kier alpha value is -0.350. The zero-order valence-corrected chi connectivity index (χ0v) is 9.36. The molecule has 0 amide bonds. The van der Waals surface area contributed by atoms with E-state index >= 15 is 0 Å². The maximum absolute atomic E-state index is 2.79. The van der Waals surface area contributed by atoms with Gasteiger partial charge >= 0.3 is 0 Å². The van der Waals surface area contributed by atoms with Crippen molar-refractivity contribution in [3.63, 3.8) is 0 Å². The summed E-state index contributed by atoms with van der Waals surface area (Å²) in [4.78, 5) is 0. The summed E-state index contributed by atoms with van der Waals surface area (Å²) in [5.74, 6) is 0. The highest BCUT2D eigenvalue weighted by Gasteiger charge is 1.91. The number of unbranched alkanes of at least 4 members (excludes halogenated alkanes) is 3. The molecule has 13 heavy (non-hydrogen) atoms. The lowest BCUT2D eigenvalue weighted by Crippen LogP contribution is -1.85. The second-order valence-electron chi connectivity index (χ2n) is 3.44. The van der Waals surface area contributed by atoms with Crippen molar-refractivity contribution in [1.82, 2.24) is 0 Å².